The second-order valence-electron chi connectivity index (χ2n) is 10.4. The third kappa shape index (κ3) is 5.19. The largest absolute Gasteiger partial charge is 0.496 e. The fraction of sp³-hybridized carbons (Fsp3) is 0.162. The summed E-state index contributed by atoms with van der Waals surface area (Å²) in [6, 6.07) is 32.2. The smallest absolute Gasteiger partial charge is 0.336 e. The Labute approximate surface area is 249 Å². The van der Waals surface area contributed by atoms with Gasteiger partial charge in [-0.2, -0.15) is 0 Å². The molecule has 1 N–H and O–H groups in total. The fourth-order valence-electron chi connectivity index (χ4n) is 5.92. The third-order valence-electron chi connectivity index (χ3n) is 7.76. The van der Waals surface area contributed by atoms with E-state index in [-0.39, 0.29) is 5.56 Å². The van der Waals surface area contributed by atoms with Gasteiger partial charge in [-0.25, -0.2) is 4.79 Å². The van der Waals surface area contributed by atoms with Crippen LogP contribution in [-0.4, -0.2) is 25.3 Å². The van der Waals surface area contributed by atoms with Crippen LogP contribution in [0.25, 0.3) is 22.3 Å². The molecular weight excluding hydrogens is 539 g/mol. The molecule has 1 unspecified atom stereocenters. The summed E-state index contributed by atoms with van der Waals surface area (Å²) in [6.45, 7) is 8.54. The molecule has 4 nitrogen and oxygen atoms in total. The Balaban J connectivity index is 2.05. The Morgan fingerprint density at radius 1 is 0.571 bits per heavy atom. The maximum absolute atomic E-state index is 12.8. The van der Waals surface area contributed by atoms with Crippen LogP contribution in [0.2, 0.25) is 0 Å². The number of hydrogen-bond donors (Lipinski definition) is 1. The summed E-state index contributed by atoms with van der Waals surface area (Å²) < 4.78 is 12.0. The van der Waals surface area contributed by atoms with Gasteiger partial charge in [-0.1, -0.05) is 78.9 Å². The molecule has 0 bridgehead atoms. The van der Waals surface area contributed by atoms with Crippen molar-refractivity contribution < 1.29 is 19.4 Å². The molecule has 212 valence electrons. The lowest BCUT2D eigenvalue weighted by Gasteiger charge is -2.30. The fourth-order valence-corrected chi connectivity index (χ4v) is 8.90. The molecule has 1 atom stereocenters. The van der Waals surface area contributed by atoms with Gasteiger partial charge in [0, 0.05) is 5.30 Å². The number of rotatable bonds is 8. The Bertz CT molecular complexity index is 1660. The summed E-state index contributed by atoms with van der Waals surface area (Å²) in [4.78, 5) is 12.8. The molecule has 42 heavy (non-hydrogen) atoms. The van der Waals surface area contributed by atoms with Crippen LogP contribution in [0.1, 0.15) is 32.6 Å². The summed E-state index contributed by atoms with van der Waals surface area (Å²) in [5.74, 6) is 0.346. The molecule has 0 amide bonds. The van der Waals surface area contributed by atoms with Crippen LogP contribution in [-0.2, 0) is 0 Å². The van der Waals surface area contributed by atoms with E-state index in [1.54, 1.807) is 26.4 Å². The standard InChI is InChI=1S/C37H35O4P/c1-23-13-9-14-24(2)33(23)28-18-11-19-29(34-25(3)15-10-16-26(34)4)35(28)42(32-22-8-7-17-27(32)37(38)39)36-30(40-5)20-12-21-31(36)41-6/h7-22H,1-6H3,(H,38,39). The normalized spacial score (nSPS) is 11.7. The summed E-state index contributed by atoms with van der Waals surface area (Å²) in [7, 11) is 1.78. The molecule has 0 fully saturated rings. The molecule has 0 aliphatic rings. The first-order chi connectivity index (χ1) is 20.3. The highest BCUT2D eigenvalue weighted by atomic mass is 31.1. The number of carbonyl (C=O) groups is 1. The summed E-state index contributed by atoms with van der Waals surface area (Å²) >= 11 is 0. The molecule has 5 rings (SSSR count). The van der Waals surface area contributed by atoms with Crippen LogP contribution >= 0.6 is 7.92 Å². The zero-order chi connectivity index (χ0) is 30.0. The van der Waals surface area contributed by atoms with Gasteiger partial charge in [0.2, 0.25) is 0 Å². The zero-order valence-electron chi connectivity index (χ0n) is 24.9. The molecular formula is C37H35O4P. The molecule has 5 aromatic carbocycles. The van der Waals surface area contributed by atoms with E-state index >= 15 is 0 Å². The summed E-state index contributed by atoms with van der Waals surface area (Å²) in [5.41, 5.74) is 9.33. The molecule has 0 heterocycles. The predicted molar refractivity (Wildman–Crippen MR) is 175 cm³/mol. The first-order valence-corrected chi connectivity index (χ1v) is 15.2. The van der Waals surface area contributed by atoms with E-state index in [0.717, 1.165) is 60.4 Å². The average Bonchev–Trinajstić information content (AvgIpc) is 2.98. The van der Waals surface area contributed by atoms with Crippen LogP contribution in [0.5, 0.6) is 11.5 Å². The number of aryl methyl sites for hydroxylation is 4. The molecule has 5 heteroatoms. The molecule has 0 radical (unpaired) electrons. The van der Waals surface area contributed by atoms with Crippen molar-refractivity contribution >= 4 is 29.8 Å². The van der Waals surface area contributed by atoms with Crippen molar-refractivity contribution in [1.29, 1.82) is 0 Å². The number of hydrogen-bond acceptors (Lipinski definition) is 3. The lowest BCUT2D eigenvalue weighted by Crippen LogP contribution is -2.29. The van der Waals surface area contributed by atoms with Gasteiger partial charge in [-0.3, -0.25) is 0 Å². The van der Waals surface area contributed by atoms with Gasteiger partial charge in [0.25, 0.3) is 0 Å². The minimum Gasteiger partial charge on any atom is -0.496 e. The first kappa shape index (κ1) is 29.1. The topological polar surface area (TPSA) is 55.8 Å². The van der Waals surface area contributed by atoms with E-state index in [4.69, 9.17) is 9.47 Å². The van der Waals surface area contributed by atoms with E-state index in [1.807, 2.05) is 30.3 Å². The lowest BCUT2D eigenvalue weighted by molar-refractivity contribution is 0.0698. The molecule has 0 spiro atoms. The molecule has 0 aromatic heterocycles. The van der Waals surface area contributed by atoms with Gasteiger partial charge in [-0.05, 0) is 104 Å². The van der Waals surface area contributed by atoms with Crippen molar-refractivity contribution in [3.63, 3.8) is 0 Å². The van der Waals surface area contributed by atoms with Gasteiger partial charge in [0.15, 0.2) is 0 Å². The molecule has 0 saturated carbocycles. The molecule has 0 aliphatic heterocycles. The van der Waals surface area contributed by atoms with E-state index in [1.165, 1.54) is 0 Å². The lowest BCUT2D eigenvalue weighted by atomic mass is 9.90. The molecule has 5 aromatic rings. The first-order valence-electron chi connectivity index (χ1n) is 13.9. The summed E-state index contributed by atoms with van der Waals surface area (Å²) in [6.07, 6.45) is 0. The van der Waals surface area contributed by atoms with Crippen molar-refractivity contribution in [2.24, 2.45) is 0 Å². The Morgan fingerprint density at radius 3 is 1.45 bits per heavy atom. The van der Waals surface area contributed by atoms with Crippen molar-refractivity contribution in [1.82, 2.24) is 0 Å². The van der Waals surface area contributed by atoms with Gasteiger partial charge in [0.05, 0.1) is 25.1 Å². The number of carboxylic acids is 1. The van der Waals surface area contributed by atoms with Crippen LogP contribution in [0.3, 0.4) is 0 Å². The minimum atomic E-state index is -1.52. The monoisotopic (exact) mass is 574 g/mol. The average molecular weight is 575 g/mol. The van der Waals surface area contributed by atoms with Crippen LogP contribution in [0.4, 0.5) is 0 Å². The highest BCUT2D eigenvalue weighted by molar-refractivity contribution is 7.80. The van der Waals surface area contributed by atoms with Gasteiger partial charge >= 0.3 is 5.97 Å². The van der Waals surface area contributed by atoms with Crippen LogP contribution in [0, 0.1) is 27.7 Å². The van der Waals surface area contributed by atoms with Crippen LogP contribution < -0.4 is 25.4 Å². The second kappa shape index (κ2) is 12.2. The van der Waals surface area contributed by atoms with Gasteiger partial charge in [-0.15, -0.1) is 0 Å². The van der Waals surface area contributed by atoms with Crippen LogP contribution in [0.15, 0.2) is 97.1 Å². The Hall–Kier alpha value is -4.40. The van der Waals surface area contributed by atoms with Gasteiger partial charge in [0.1, 0.15) is 11.5 Å². The van der Waals surface area contributed by atoms with E-state index in [2.05, 4.69) is 82.3 Å². The van der Waals surface area contributed by atoms with Crippen molar-refractivity contribution in [2.75, 3.05) is 14.2 Å². The van der Waals surface area contributed by atoms with E-state index in [0.29, 0.717) is 11.5 Å². The zero-order valence-corrected chi connectivity index (χ0v) is 25.8. The highest BCUT2D eigenvalue weighted by Crippen LogP contribution is 2.48. The quantitative estimate of drug-likeness (QED) is 0.193. The predicted octanol–water partition coefficient (Wildman–Crippen LogP) is 7.73. The van der Waals surface area contributed by atoms with Gasteiger partial charge < -0.3 is 14.6 Å². The number of carboxylic acid groups (broad SMARTS) is 1. The maximum Gasteiger partial charge on any atom is 0.336 e. The second-order valence-corrected chi connectivity index (χ2v) is 12.5. The number of ether oxygens (including phenoxy) is 2. The summed E-state index contributed by atoms with van der Waals surface area (Å²) in [5, 5.41) is 13.1. The number of benzene rings is 5. The minimum absolute atomic E-state index is 0.264. The molecule has 0 aliphatic carbocycles. The van der Waals surface area contributed by atoms with E-state index in [9.17, 15) is 9.90 Å². The maximum atomic E-state index is 12.8. The van der Waals surface area contributed by atoms with E-state index < -0.39 is 13.9 Å². The SMILES string of the molecule is COc1cccc(OC)c1P(c1ccccc1C(=O)O)c1c(-c2c(C)cccc2C)cccc1-c1c(C)cccc1C. The molecule has 0 saturated heterocycles. The Morgan fingerprint density at radius 2 is 1.00 bits per heavy atom. The van der Waals surface area contributed by atoms with Crippen molar-refractivity contribution in [3.05, 3.63) is 125 Å². The third-order valence-corrected chi connectivity index (χ3v) is 10.5. The number of methoxy groups -OCH3 is 2. The Kier molecular flexibility index (Phi) is 8.47. The van der Waals surface area contributed by atoms with Crippen molar-refractivity contribution in [2.45, 2.75) is 27.7 Å². The van der Waals surface area contributed by atoms with Crippen molar-refractivity contribution in [3.8, 4) is 33.8 Å². The number of aromatic carboxylic acids is 1. The highest BCUT2D eigenvalue weighted by Gasteiger charge is 2.33.